The topological polar surface area (TPSA) is 49.4 Å². The molecule has 0 heterocycles. The quantitative estimate of drug-likeness (QED) is 0.711. The fourth-order valence-corrected chi connectivity index (χ4v) is 3.47. The second-order valence-corrected chi connectivity index (χ2v) is 7.73. The Morgan fingerprint density at radius 1 is 1.07 bits per heavy atom. The maximum Gasteiger partial charge on any atom is 0.242 e. The van der Waals surface area contributed by atoms with E-state index in [-0.39, 0.29) is 18.2 Å². The van der Waals surface area contributed by atoms with Crippen LogP contribution in [0.4, 0.5) is 0 Å². The Bertz CT molecular complexity index is 815. The number of nitrogens with one attached hydrogen (secondary N) is 1. The summed E-state index contributed by atoms with van der Waals surface area (Å²) in [5.41, 5.74) is 4.10. The van der Waals surface area contributed by atoms with Crippen LogP contribution < -0.4 is 5.32 Å². The summed E-state index contributed by atoms with van der Waals surface area (Å²) in [5.74, 6) is -0.221. The number of halogens is 1. The molecule has 2 amide bonds. The van der Waals surface area contributed by atoms with E-state index >= 15 is 0 Å². The van der Waals surface area contributed by atoms with Gasteiger partial charge in [0.05, 0.1) is 6.42 Å². The summed E-state index contributed by atoms with van der Waals surface area (Å²) in [5, 5.41) is 3.50. The number of amides is 2. The first kappa shape index (κ1) is 22.0. The van der Waals surface area contributed by atoms with Gasteiger partial charge in [-0.05, 0) is 50.5 Å². The molecule has 0 saturated heterocycles. The average molecular weight is 401 g/mol. The van der Waals surface area contributed by atoms with Crippen LogP contribution in [0, 0.1) is 13.8 Å². The van der Waals surface area contributed by atoms with Crippen molar-refractivity contribution in [2.45, 2.75) is 53.1 Å². The minimum Gasteiger partial charge on any atom is -0.354 e. The highest BCUT2D eigenvalue weighted by Gasteiger charge is 2.26. The van der Waals surface area contributed by atoms with Crippen LogP contribution in [0.5, 0.6) is 0 Å². The predicted octanol–water partition coefficient (Wildman–Crippen LogP) is 4.44. The lowest BCUT2D eigenvalue weighted by Gasteiger charge is -2.29. The maximum atomic E-state index is 13.2. The molecule has 0 aliphatic rings. The van der Waals surface area contributed by atoms with E-state index in [0.717, 1.165) is 28.7 Å². The summed E-state index contributed by atoms with van der Waals surface area (Å²) in [6.45, 7) is 8.75. The minimum absolute atomic E-state index is 0.0795. The van der Waals surface area contributed by atoms with Crippen molar-refractivity contribution in [1.29, 1.82) is 0 Å². The van der Waals surface area contributed by atoms with Crippen molar-refractivity contribution in [2.75, 3.05) is 6.54 Å². The van der Waals surface area contributed by atoms with Crippen LogP contribution in [0.3, 0.4) is 0 Å². The van der Waals surface area contributed by atoms with Gasteiger partial charge in [-0.1, -0.05) is 60.0 Å². The van der Waals surface area contributed by atoms with Crippen molar-refractivity contribution in [1.82, 2.24) is 10.2 Å². The summed E-state index contributed by atoms with van der Waals surface area (Å²) in [4.78, 5) is 27.3. The van der Waals surface area contributed by atoms with Gasteiger partial charge in [-0.2, -0.15) is 0 Å². The Morgan fingerprint density at radius 3 is 2.36 bits per heavy atom. The molecule has 1 N–H and O–H groups in total. The summed E-state index contributed by atoms with van der Waals surface area (Å²) in [6.07, 6.45) is 1.11. The van der Waals surface area contributed by atoms with E-state index in [1.165, 1.54) is 0 Å². The molecule has 2 rings (SSSR count). The molecule has 150 valence electrons. The lowest BCUT2D eigenvalue weighted by molar-refractivity contribution is -0.140. The molecule has 2 aromatic rings. The molecule has 0 aliphatic carbocycles. The summed E-state index contributed by atoms with van der Waals surface area (Å²) >= 11 is 6.10. The SMILES string of the molecule is CCCNC(=O)[C@@H](C)N(Cc1cccc(Cl)c1)C(=O)Cc1cc(C)cc(C)c1. The van der Waals surface area contributed by atoms with Crippen molar-refractivity contribution in [3.63, 3.8) is 0 Å². The van der Waals surface area contributed by atoms with Gasteiger partial charge in [0.15, 0.2) is 0 Å². The van der Waals surface area contributed by atoms with Crippen molar-refractivity contribution in [3.05, 3.63) is 69.7 Å². The van der Waals surface area contributed by atoms with Crippen LogP contribution in [-0.4, -0.2) is 29.3 Å². The first-order valence-electron chi connectivity index (χ1n) is 9.69. The Kier molecular flexibility index (Phi) is 8.06. The normalized spacial score (nSPS) is 11.8. The molecule has 0 aromatic heterocycles. The van der Waals surface area contributed by atoms with E-state index < -0.39 is 6.04 Å². The summed E-state index contributed by atoms with van der Waals surface area (Å²) < 4.78 is 0. The molecule has 0 bridgehead atoms. The molecule has 5 heteroatoms. The van der Waals surface area contributed by atoms with E-state index in [4.69, 9.17) is 11.6 Å². The molecule has 0 unspecified atom stereocenters. The average Bonchev–Trinajstić information content (AvgIpc) is 2.62. The number of hydrogen-bond acceptors (Lipinski definition) is 2. The van der Waals surface area contributed by atoms with Crippen LogP contribution in [-0.2, 0) is 22.6 Å². The Balaban J connectivity index is 2.24. The number of carbonyl (C=O) groups is 2. The minimum atomic E-state index is -0.566. The van der Waals surface area contributed by atoms with Gasteiger partial charge in [-0.15, -0.1) is 0 Å². The number of nitrogens with zero attached hydrogens (tertiary/aromatic N) is 1. The second-order valence-electron chi connectivity index (χ2n) is 7.29. The van der Waals surface area contributed by atoms with Crippen LogP contribution in [0.1, 0.15) is 42.5 Å². The first-order chi connectivity index (χ1) is 13.3. The van der Waals surface area contributed by atoms with Gasteiger partial charge in [0.2, 0.25) is 11.8 Å². The zero-order chi connectivity index (χ0) is 20.7. The highest BCUT2D eigenvalue weighted by Crippen LogP contribution is 2.17. The third-order valence-electron chi connectivity index (χ3n) is 4.60. The zero-order valence-electron chi connectivity index (χ0n) is 17.1. The molecule has 2 aromatic carbocycles. The van der Waals surface area contributed by atoms with Crippen LogP contribution >= 0.6 is 11.6 Å². The molecule has 0 fully saturated rings. The van der Waals surface area contributed by atoms with Crippen molar-refractivity contribution < 1.29 is 9.59 Å². The van der Waals surface area contributed by atoms with Crippen molar-refractivity contribution >= 4 is 23.4 Å². The highest BCUT2D eigenvalue weighted by molar-refractivity contribution is 6.30. The largest absolute Gasteiger partial charge is 0.354 e. The first-order valence-corrected chi connectivity index (χ1v) is 10.1. The van der Waals surface area contributed by atoms with Crippen LogP contribution in [0.2, 0.25) is 5.02 Å². The second kappa shape index (κ2) is 10.3. The predicted molar refractivity (Wildman–Crippen MR) is 114 cm³/mol. The molecule has 4 nitrogen and oxygen atoms in total. The van der Waals surface area contributed by atoms with Gasteiger partial charge in [-0.3, -0.25) is 9.59 Å². The molecule has 28 heavy (non-hydrogen) atoms. The number of carbonyl (C=O) groups excluding carboxylic acids is 2. The van der Waals surface area contributed by atoms with E-state index in [2.05, 4.69) is 11.4 Å². The van der Waals surface area contributed by atoms with Gasteiger partial charge < -0.3 is 10.2 Å². The molecule has 0 saturated carbocycles. The smallest absolute Gasteiger partial charge is 0.242 e. The monoisotopic (exact) mass is 400 g/mol. The molecule has 1 atom stereocenters. The Morgan fingerprint density at radius 2 is 1.75 bits per heavy atom. The molecular formula is C23H29ClN2O2. The molecule has 0 spiro atoms. The van der Waals surface area contributed by atoms with Crippen molar-refractivity contribution in [3.8, 4) is 0 Å². The van der Waals surface area contributed by atoms with E-state index in [0.29, 0.717) is 18.1 Å². The molecular weight excluding hydrogens is 372 g/mol. The van der Waals surface area contributed by atoms with E-state index in [1.807, 2.05) is 51.1 Å². The number of hydrogen-bond donors (Lipinski definition) is 1. The fourth-order valence-electron chi connectivity index (χ4n) is 3.26. The lowest BCUT2D eigenvalue weighted by atomic mass is 10.0. The van der Waals surface area contributed by atoms with Gasteiger partial charge in [0, 0.05) is 18.1 Å². The van der Waals surface area contributed by atoms with Crippen LogP contribution in [0.25, 0.3) is 0 Å². The third kappa shape index (κ3) is 6.38. The van der Waals surface area contributed by atoms with E-state index in [1.54, 1.807) is 17.9 Å². The maximum absolute atomic E-state index is 13.2. The number of rotatable bonds is 8. The van der Waals surface area contributed by atoms with E-state index in [9.17, 15) is 9.59 Å². The fraction of sp³-hybridized carbons (Fsp3) is 0.391. The number of benzene rings is 2. The summed E-state index contributed by atoms with van der Waals surface area (Å²) in [7, 11) is 0. The standard InChI is InChI=1S/C23H29ClN2O2/c1-5-9-25-23(28)18(4)26(15-19-7-6-8-21(24)13-19)22(27)14-20-11-16(2)10-17(3)12-20/h6-8,10-13,18H,5,9,14-15H2,1-4H3,(H,25,28)/t18-/m1/s1. The van der Waals surface area contributed by atoms with Gasteiger partial charge in [0.1, 0.15) is 6.04 Å². The van der Waals surface area contributed by atoms with Gasteiger partial charge in [-0.25, -0.2) is 0 Å². The molecule has 0 aliphatic heterocycles. The third-order valence-corrected chi connectivity index (χ3v) is 4.83. The van der Waals surface area contributed by atoms with Gasteiger partial charge in [0.25, 0.3) is 0 Å². The van der Waals surface area contributed by atoms with Crippen molar-refractivity contribution in [2.24, 2.45) is 0 Å². The Labute approximate surface area is 172 Å². The van der Waals surface area contributed by atoms with Gasteiger partial charge >= 0.3 is 0 Å². The lowest BCUT2D eigenvalue weighted by Crippen LogP contribution is -2.48. The summed E-state index contributed by atoms with van der Waals surface area (Å²) in [6, 6.07) is 12.9. The highest BCUT2D eigenvalue weighted by atomic mass is 35.5. The molecule has 0 radical (unpaired) electrons. The van der Waals surface area contributed by atoms with Crippen LogP contribution in [0.15, 0.2) is 42.5 Å². The Hall–Kier alpha value is -2.33. The number of aryl methyl sites for hydroxylation is 2. The zero-order valence-corrected chi connectivity index (χ0v) is 17.8.